The lowest BCUT2D eigenvalue weighted by molar-refractivity contribution is 0.241. The Bertz CT molecular complexity index is 956. The van der Waals surface area contributed by atoms with Crippen LogP contribution in [0, 0.1) is 0 Å². The first-order valence-corrected chi connectivity index (χ1v) is 9.53. The molecule has 0 unspecified atom stereocenters. The molecule has 9 heteroatoms. The predicted molar refractivity (Wildman–Crippen MR) is 88.9 cm³/mol. The number of halogens is 1. The largest absolute Gasteiger partial charge is 0.506 e. The van der Waals surface area contributed by atoms with Crippen LogP contribution in [-0.4, -0.2) is 41.2 Å². The lowest BCUT2D eigenvalue weighted by Crippen LogP contribution is -2.36. The van der Waals surface area contributed by atoms with Crippen molar-refractivity contribution in [3.05, 3.63) is 50.4 Å². The van der Waals surface area contributed by atoms with Gasteiger partial charge in [0.2, 0.25) is 15.0 Å². The van der Waals surface area contributed by atoms with E-state index in [1.54, 1.807) is 12.1 Å². The van der Waals surface area contributed by atoms with Crippen molar-refractivity contribution in [3.8, 4) is 5.75 Å². The van der Waals surface area contributed by atoms with E-state index in [0.29, 0.717) is 37.3 Å². The van der Waals surface area contributed by atoms with Crippen LogP contribution in [0.5, 0.6) is 5.75 Å². The molecule has 0 saturated carbocycles. The van der Waals surface area contributed by atoms with Crippen LogP contribution in [-0.2, 0) is 29.3 Å². The van der Waals surface area contributed by atoms with Gasteiger partial charge in [0.1, 0.15) is 5.75 Å². The maximum atomic E-state index is 12.2. The summed E-state index contributed by atoms with van der Waals surface area (Å²) in [5.74, 6) is 0.0263. The Kier molecular flexibility index (Phi) is 4.37. The Morgan fingerprint density at radius 1 is 1.42 bits per heavy atom. The van der Waals surface area contributed by atoms with Gasteiger partial charge >= 0.3 is 0 Å². The van der Waals surface area contributed by atoms with Gasteiger partial charge in [0.25, 0.3) is 5.56 Å². The Morgan fingerprint density at radius 2 is 2.17 bits per heavy atom. The zero-order chi connectivity index (χ0) is 17.5. The van der Waals surface area contributed by atoms with E-state index in [1.807, 2.05) is 4.90 Å². The van der Waals surface area contributed by atoms with E-state index in [2.05, 4.69) is 9.97 Å². The van der Waals surface area contributed by atoms with Crippen molar-refractivity contribution in [2.75, 3.05) is 12.8 Å². The van der Waals surface area contributed by atoms with Crippen molar-refractivity contribution in [1.82, 2.24) is 14.9 Å². The van der Waals surface area contributed by atoms with E-state index < -0.39 is 15.4 Å². The highest BCUT2D eigenvalue weighted by atomic mass is 35.5. The Hall–Kier alpha value is -1.90. The summed E-state index contributed by atoms with van der Waals surface area (Å²) >= 11 is 5.91. The van der Waals surface area contributed by atoms with Crippen LogP contribution < -0.4 is 5.56 Å². The number of hydrogen-bond acceptors (Lipinski definition) is 6. The third kappa shape index (κ3) is 3.45. The maximum absolute atomic E-state index is 12.2. The molecule has 0 bridgehead atoms. The first kappa shape index (κ1) is 16.9. The standard InChI is InChI=1S/C15H16ClN3O4S/c1-24(22,23)15-17-12-4-5-19(8-10(12)14(21)18-15)7-9-2-3-13(20)11(16)6-9/h2-3,6,20H,4-5,7-8H2,1H3,(H,17,18,21). The summed E-state index contributed by atoms with van der Waals surface area (Å²) in [6, 6.07) is 4.98. The van der Waals surface area contributed by atoms with Gasteiger partial charge < -0.3 is 5.11 Å². The number of aromatic amines is 1. The van der Waals surface area contributed by atoms with Gasteiger partial charge in [0.15, 0.2) is 0 Å². The molecule has 3 rings (SSSR count). The van der Waals surface area contributed by atoms with Gasteiger partial charge in [-0.25, -0.2) is 13.4 Å². The van der Waals surface area contributed by atoms with Gasteiger partial charge in [-0.1, -0.05) is 17.7 Å². The summed E-state index contributed by atoms with van der Waals surface area (Å²) in [5.41, 5.74) is 1.50. The number of phenolic OH excluding ortho intramolecular Hbond substituents is 1. The molecule has 1 aromatic carbocycles. The fourth-order valence-electron chi connectivity index (χ4n) is 2.68. The van der Waals surface area contributed by atoms with Crippen molar-refractivity contribution < 1.29 is 13.5 Å². The number of sulfone groups is 1. The average Bonchev–Trinajstić information content (AvgIpc) is 2.50. The van der Waals surface area contributed by atoms with Gasteiger partial charge in [-0.15, -0.1) is 0 Å². The first-order valence-electron chi connectivity index (χ1n) is 7.26. The van der Waals surface area contributed by atoms with Gasteiger partial charge in [0, 0.05) is 32.3 Å². The molecule has 0 atom stereocenters. The molecule has 1 aliphatic heterocycles. The molecule has 0 spiro atoms. The summed E-state index contributed by atoms with van der Waals surface area (Å²) in [6.45, 7) is 1.58. The molecule has 2 N–H and O–H groups in total. The molecular formula is C15H16ClN3O4S. The SMILES string of the molecule is CS(=O)(=O)c1nc2c(c(=O)[nH]1)CN(Cc1ccc(O)c(Cl)c1)CC2. The van der Waals surface area contributed by atoms with Crippen LogP contribution in [0.25, 0.3) is 0 Å². The van der Waals surface area contributed by atoms with Crippen LogP contribution >= 0.6 is 11.6 Å². The number of aromatic nitrogens is 2. The number of nitrogens with one attached hydrogen (secondary N) is 1. The number of benzene rings is 1. The minimum atomic E-state index is -3.55. The number of rotatable bonds is 3. The number of hydrogen-bond donors (Lipinski definition) is 2. The summed E-state index contributed by atoms with van der Waals surface area (Å²) < 4.78 is 23.1. The van der Waals surface area contributed by atoms with Crippen LogP contribution in [0.3, 0.4) is 0 Å². The average molecular weight is 370 g/mol. The van der Waals surface area contributed by atoms with Gasteiger partial charge in [-0.3, -0.25) is 14.7 Å². The van der Waals surface area contributed by atoms with E-state index in [9.17, 15) is 18.3 Å². The summed E-state index contributed by atoms with van der Waals surface area (Å²) in [7, 11) is -3.55. The highest BCUT2D eigenvalue weighted by molar-refractivity contribution is 7.90. The molecule has 128 valence electrons. The normalized spacial score (nSPS) is 15.2. The van der Waals surface area contributed by atoms with Gasteiger partial charge in [0.05, 0.1) is 16.3 Å². The molecule has 2 heterocycles. The van der Waals surface area contributed by atoms with Gasteiger partial charge in [-0.05, 0) is 17.7 Å². The second-order valence-electron chi connectivity index (χ2n) is 5.81. The smallest absolute Gasteiger partial charge is 0.256 e. The number of fused-ring (bicyclic) bond motifs is 1. The molecule has 0 radical (unpaired) electrons. The highest BCUT2D eigenvalue weighted by Crippen LogP contribution is 2.25. The second-order valence-corrected chi connectivity index (χ2v) is 8.15. The highest BCUT2D eigenvalue weighted by Gasteiger charge is 2.23. The van der Waals surface area contributed by atoms with Crippen LogP contribution in [0.15, 0.2) is 28.2 Å². The number of H-pyrrole nitrogens is 1. The maximum Gasteiger partial charge on any atom is 0.256 e. The molecule has 0 amide bonds. The zero-order valence-electron chi connectivity index (χ0n) is 12.9. The van der Waals surface area contributed by atoms with E-state index in [-0.39, 0.29) is 15.9 Å². The monoisotopic (exact) mass is 369 g/mol. The molecule has 0 fully saturated rings. The fraction of sp³-hybridized carbons (Fsp3) is 0.333. The topological polar surface area (TPSA) is 103 Å². The lowest BCUT2D eigenvalue weighted by atomic mass is 10.1. The van der Waals surface area contributed by atoms with Crippen molar-refractivity contribution in [1.29, 1.82) is 0 Å². The number of phenols is 1. The Labute approximate surface area is 143 Å². The Morgan fingerprint density at radius 3 is 2.83 bits per heavy atom. The summed E-state index contributed by atoms with van der Waals surface area (Å²) in [5, 5.41) is 9.45. The van der Waals surface area contributed by atoms with Crippen molar-refractivity contribution in [3.63, 3.8) is 0 Å². The second kappa shape index (κ2) is 6.19. The van der Waals surface area contributed by atoms with Crippen LogP contribution in [0.1, 0.15) is 16.8 Å². The minimum absolute atomic E-state index is 0.0263. The van der Waals surface area contributed by atoms with Crippen molar-refractivity contribution in [2.45, 2.75) is 24.7 Å². The molecule has 24 heavy (non-hydrogen) atoms. The fourth-order valence-corrected chi connectivity index (χ4v) is 3.43. The molecule has 7 nitrogen and oxygen atoms in total. The van der Waals surface area contributed by atoms with E-state index >= 15 is 0 Å². The minimum Gasteiger partial charge on any atom is -0.506 e. The zero-order valence-corrected chi connectivity index (χ0v) is 14.5. The quantitative estimate of drug-likeness (QED) is 0.785. The molecule has 0 saturated heterocycles. The lowest BCUT2D eigenvalue weighted by Gasteiger charge is -2.27. The number of aromatic hydroxyl groups is 1. The molecule has 2 aromatic rings. The molecular weight excluding hydrogens is 354 g/mol. The molecule has 1 aromatic heterocycles. The van der Waals surface area contributed by atoms with E-state index in [1.165, 1.54) is 6.07 Å². The Balaban J connectivity index is 1.84. The molecule has 0 aliphatic carbocycles. The van der Waals surface area contributed by atoms with Crippen LogP contribution in [0.4, 0.5) is 0 Å². The van der Waals surface area contributed by atoms with E-state index in [4.69, 9.17) is 11.6 Å². The third-order valence-corrected chi connectivity index (χ3v) is 5.09. The molecule has 1 aliphatic rings. The van der Waals surface area contributed by atoms with E-state index in [0.717, 1.165) is 11.8 Å². The summed E-state index contributed by atoms with van der Waals surface area (Å²) in [6.07, 6.45) is 1.51. The van der Waals surface area contributed by atoms with Crippen molar-refractivity contribution >= 4 is 21.4 Å². The summed E-state index contributed by atoms with van der Waals surface area (Å²) in [4.78, 5) is 20.7. The first-order chi connectivity index (χ1) is 11.2. The van der Waals surface area contributed by atoms with Gasteiger partial charge in [-0.2, -0.15) is 0 Å². The predicted octanol–water partition coefficient (Wildman–Crippen LogP) is 1.09. The third-order valence-electron chi connectivity index (χ3n) is 3.90. The number of nitrogens with zero attached hydrogens (tertiary/aromatic N) is 2. The van der Waals surface area contributed by atoms with Crippen LogP contribution in [0.2, 0.25) is 5.02 Å². The van der Waals surface area contributed by atoms with Crippen molar-refractivity contribution in [2.24, 2.45) is 0 Å².